The molecule has 0 amide bonds. The Kier molecular flexibility index (Phi) is 13.3. The second-order valence-corrected chi connectivity index (χ2v) is 1.59. The summed E-state index contributed by atoms with van der Waals surface area (Å²) in [6.07, 6.45) is 6.38. The normalized spacial score (nSPS) is 9.09. The summed E-state index contributed by atoms with van der Waals surface area (Å²) in [4.78, 5) is 10.1. The molecule has 0 fully saturated rings. The summed E-state index contributed by atoms with van der Waals surface area (Å²) in [6, 6.07) is 0. The van der Waals surface area contributed by atoms with Gasteiger partial charge in [-0.3, -0.25) is 4.79 Å². The first-order valence-corrected chi connectivity index (χ1v) is 3.72. The van der Waals surface area contributed by atoms with Crippen LogP contribution in [0.15, 0.2) is 37.0 Å². The molecule has 0 spiro atoms. The van der Waals surface area contributed by atoms with Gasteiger partial charge in [0.05, 0.1) is 0 Å². The number of rotatable bonds is 4. The maximum absolute atomic E-state index is 10.1. The number of carbonyl (C=O) groups is 1. The van der Waals surface area contributed by atoms with E-state index in [-0.39, 0.29) is 0 Å². The molecule has 0 aromatic heterocycles. The molecule has 0 aliphatic rings. The Bertz CT molecular complexity index is 143. The molecule has 0 bridgehead atoms. The lowest BCUT2D eigenvalue weighted by atomic mass is 10.2. The number of hydrogen-bond donors (Lipinski definition) is 0. The van der Waals surface area contributed by atoms with Crippen molar-refractivity contribution in [3.05, 3.63) is 37.0 Å². The van der Waals surface area contributed by atoms with Crippen LogP contribution >= 0.6 is 0 Å². The van der Waals surface area contributed by atoms with Gasteiger partial charge in [-0.1, -0.05) is 38.7 Å². The molecule has 0 N–H and O–H groups in total. The molecular weight excluding hydrogens is 136 g/mol. The van der Waals surface area contributed by atoms with Gasteiger partial charge >= 0.3 is 0 Å². The van der Waals surface area contributed by atoms with Gasteiger partial charge in [-0.2, -0.15) is 0 Å². The molecule has 1 nitrogen and oxygen atoms in total. The van der Waals surface area contributed by atoms with Crippen LogP contribution in [0.25, 0.3) is 0 Å². The summed E-state index contributed by atoms with van der Waals surface area (Å²) in [5, 5.41) is 0. The third-order valence-electron chi connectivity index (χ3n) is 0.863. The van der Waals surface area contributed by atoms with Crippen molar-refractivity contribution in [3.8, 4) is 0 Å². The molecule has 0 unspecified atom stereocenters. The molecule has 0 aromatic carbocycles. The monoisotopic (exact) mass is 152 g/mol. The van der Waals surface area contributed by atoms with Crippen LogP contribution in [0.2, 0.25) is 0 Å². The predicted octanol–water partition coefficient (Wildman–Crippen LogP) is 2.90. The third-order valence-corrected chi connectivity index (χ3v) is 0.863. The maximum atomic E-state index is 10.1. The minimum Gasteiger partial charge on any atom is -0.298 e. The third kappa shape index (κ3) is 8.89. The van der Waals surface area contributed by atoms with Crippen LogP contribution in [0.5, 0.6) is 0 Å². The standard InChI is InChI=1S/C8H10O.C2H6/c1-3-5-8(7-9)6-4-2;1-2/h3-5,7H,1-2,6H2;1-2H3/b8-5+;. The highest BCUT2D eigenvalue weighted by atomic mass is 16.1. The highest BCUT2D eigenvalue weighted by molar-refractivity contribution is 5.74. The second-order valence-electron chi connectivity index (χ2n) is 1.59. The largest absolute Gasteiger partial charge is 0.298 e. The molecule has 11 heavy (non-hydrogen) atoms. The van der Waals surface area contributed by atoms with E-state index in [0.717, 1.165) is 6.29 Å². The van der Waals surface area contributed by atoms with E-state index >= 15 is 0 Å². The Morgan fingerprint density at radius 2 is 1.91 bits per heavy atom. The van der Waals surface area contributed by atoms with E-state index < -0.39 is 0 Å². The van der Waals surface area contributed by atoms with E-state index in [1.165, 1.54) is 0 Å². The van der Waals surface area contributed by atoms with Crippen molar-refractivity contribution in [1.82, 2.24) is 0 Å². The van der Waals surface area contributed by atoms with E-state index in [2.05, 4.69) is 13.2 Å². The molecule has 0 heterocycles. The second kappa shape index (κ2) is 11.7. The van der Waals surface area contributed by atoms with Crippen molar-refractivity contribution in [3.63, 3.8) is 0 Å². The highest BCUT2D eigenvalue weighted by Crippen LogP contribution is 1.96. The molecule has 0 rings (SSSR count). The molecule has 0 aliphatic carbocycles. The topological polar surface area (TPSA) is 17.1 Å². The summed E-state index contributed by atoms with van der Waals surface area (Å²) >= 11 is 0. The Morgan fingerprint density at radius 1 is 1.36 bits per heavy atom. The van der Waals surface area contributed by atoms with Crippen molar-refractivity contribution in [2.45, 2.75) is 20.3 Å². The van der Waals surface area contributed by atoms with Crippen LogP contribution < -0.4 is 0 Å². The summed E-state index contributed by atoms with van der Waals surface area (Å²) in [5.74, 6) is 0. The fourth-order valence-corrected chi connectivity index (χ4v) is 0.473. The van der Waals surface area contributed by atoms with Gasteiger partial charge in [0.1, 0.15) is 6.29 Å². The predicted molar refractivity (Wildman–Crippen MR) is 50.5 cm³/mol. The van der Waals surface area contributed by atoms with Gasteiger partial charge in [-0.25, -0.2) is 0 Å². The van der Waals surface area contributed by atoms with Crippen molar-refractivity contribution < 1.29 is 4.79 Å². The first kappa shape index (κ1) is 12.6. The zero-order valence-electron chi connectivity index (χ0n) is 7.34. The minimum atomic E-state index is 0.621. The number of allylic oxidation sites excluding steroid dienone is 4. The minimum absolute atomic E-state index is 0.621. The van der Waals surface area contributed by atoms with Gasteiger partial charge < -0.3 is 0 Å². The number of carbonyl (C=O) groups excluding carboxylic acids is 1. The molecule has 0 saturated carbocycles. The first-order valence-electron chi connectivity index (χ1n) is 3.72. The Hall–Kier alpha value is -1.11. The molecule has 0 radical (unpaired) electrons. The molecular formula is C10H16O. The van der Waals surface area contributed by atoms with Crippen molar-refractivity contribution in [2.75, 3.05) is 0 Å². The van der Waals surface area contributed by atoms with E-state index in [4.69, 9.17) is 0 Å². The van der Waals surface area contributed by atoms with Crippen molar-refractivity contribution in [2.24, 2.45) is 0 Å². The molecule has 0 atom stereocenters. The molecule has 62 valence electrons. The lowest BCUT2D eigenvalue weighted by Gasteiger charge is -1.87. The first-order chi connectivity index (χ1) is 5.35. The van der Waals surface area contributed by atoms with Crippen LogP contribution in [0, 0.1) is 0 Å². The average molecular weight is 152 g/mol. The zero-order chi connectivity index (χ0) is 9.11. The number of hydrogen-bond acceptors (Lipinski definition) is 1. The fraction of sp³-hybridized carbons (Fsp3) is 0.300. The number of aldehydes is 1. The van der Waals surface area contributed by atoms with Gasteiger partial charge in [0.25, 0.3) is 0 Å². The molecule has 0 aromatic rings. The van der Waals surface area contributed by atoms with E-state index in [1.54, 1.807) is 18.2 Å². The Morgan fingerprint density at radius 3 is 2.18 bits per heavy atom. The van der Waals surface area contributed by atoms with E-state index in [1.807, 2.05) is 13.8 Å². The lowest BCUT2D eigenvalue weighted by Crippen LogP contribution is -1.79. The van der Waals surface area contributed by atoms with Crippen LogP contribution in [0.1, 0.15) is 20.3 Å². The quantitative estimate of drug-likeness (QED) is 0.262. The van der Waals surface area contributed by atoms with Crippen molar-refractivity contribution >= 4 is 6.29 Å². The summed E-state index contributed by atoms with van der Waals surface area (Å²) in [6.45, 7) is 11.0. The molecule has 0 saturated heterocycles. The van der Waals surface area contributed by atoms with E-state index in [0.29, 0.717) is 12.0 Å². The summed E-state index contributed by atoms with van der Waals surface area (Å²) in [7, 11) is 0. The van der Waals surface area contributed by atoms with Crippen LogP contribution in [-0.2, 0) is 4.79 Å². The SMILES string of the molecule is C=C/C=C(/C=O)CC=C.CC. The smallest absolute Gasteiger partial charge is 0.146 e. The van der Waals surface area contributed by atoms with Gasteiger partial charge in [-0.05, 0) is 12.0 Å². The summed E-state index contributed by atoms with van der Waals surface area (Å²) in [5.41, 5.74) is 0.708. The van der Waals surface area contributed by atoms with Crippen LogP contribution in [0.4, 0.5) is 0 Å². The van der Waals surface area contributed by atoms with Gasteiger partial charge in [0.2, 0.25) is 0 Å². The Labute approximate surface area is 69.1 Å². The highest BCUT2D eigenvalue weighted by Gasteiger charge is 1.85. The summed E-state index contributed by atoms with van der Waals surface area (Å²) < 4.78 is 0. The van der Waals surface area contributed by atoms with Crippen LogP contribution in [-0.4, -0.2) is 6.29 Å². The van der Waals surface area contributed by atoms with Crippen LogP contribution in [0.3, 0.4) is 0 Å². The molecule has 1 heteroatoms. The maximum Gasteiger partial charge on any atom is 0.146 e. The molecule has 0 aliphatic heterocycles. The van der Waals surface area contributed by atoms with E-state index in [9.17, 15) is 4.79 Å². The van der Waals surface area contributed by atoms with Gasteiger partial charge in [0.15, 0.2) is 0 Å². The van der Waals surface area contributed by atoms with Crippen molar-refractivity contribution in [1.29, 1.82) is 0 Å². The lowest BCUT2D eigenvalue weighted by molar-refractivity contribution is -0.104. The average Bonchev–Trinajstić information content (AvgIpc) is 2.08. The fourth-order valence-electron chi connectivity index (χ4n) is 0.473. The van der Waals surface area contributed by atoms with Gasteiger partial charge in [-0.15, -0.1) is 6.58 Å². The Balaban J connectivity index is 0. The zero-order valence-corrected chi connectivity index (χ0v) is 7.34. The van der Waals surface area contributed by atoms with Gasteiger partial charge in [0, 0.05) is 0 Å².